The van der Waals surface area contributed by atoms with Gasteiger partial charge in [-0.05, 0) is 43.8 Å². The van der Waals surface area contributed by atoms with E-state index in [-0.39, 0.29) is 11.9 Å². The number of rotatable bonds is 2. The number of ether oxygens (including phenoxy) is 1. The van der Waals surface area contributed by atoms with Gasteiger partial charge >= 0.3 is 0 Å². The van der Waals surface area contributed by atoms with Gasteiger partial charge in [0.2, 0.25) is 5.91 Å². The van der Waals surface area contributed by atoms with Crippen molar-refractivity contribution in [2.45, 2.75) is 25.6 Å². The molecule has 27 heavy (non-hydrogen) atoms. The van der Waals surface area contributed by atoms with Crippen molar-refractivity contribution in [3.8, 4) is 5.75 Å². The molecule has 0 radical (unpaired) electrons. The zero-order valence-electron chi connectivity index (χ0n) is 15.9. The molecular weight excluding hydrogens is 358 g/mol. The third-order valence-electron chi connectivity index (χ3n) is 5.47. The van der Waals surface area contributed by atoms with Gasteiger partial charge in [0.15, 0.2) is 10.8 Å². The number of para-hydroxylation sites is 2. The van der Waals surface area contributed by atoms with Crippen LogP contribution < -0.4 is 15.0 Å². The number of hydrogen-bond acceptors (Lipinski definition) is 3. The quantitative estimate of drug-likeness (QED) is 0.809. The molecule has 0 saturated carbocycles. The van der Waals surface area contributed by atoms with E-state index in [4.69, 9.17) is 17.0 Å². The number of benzene rings is 2. The Kier molecular flexibility index (Phi) is 4.11. The van der Waals surface area contributed by atoms with Crippen LogP contribution in [0, 0.1) is 12.8 Å². The Bertz CT molecular complexity index is 929. The van der Waals surface area contributed by atoms with Crippen molar-refractivity contribution in [1.29, 1.82) is 0 Å². The van der Waals surface area contributed by atoms with Crippen molar-refractivity contribution >= 4 is 28.9 Å². The predicted molar refractivity (Wildman–Crippen MR) is 110 cm³/mol. The highest BCUT2D eigenvalue weighted by Crippen LogP contribution is 2.50. The highest BCUT2D eigenvalue weighted by molar-refractivity contribution is 7.80. The average molecular weight is 382 g/mol. The van der Waals surface area contributed by atoms with Crippen molar-refractivity contribution in [3.63, 3.8) is 0 Å². The Hall–Kier alpha value is -2.60. The van der Waals surface area contributed by atoms with E-state index in [0.717, 1.165) is 22.6 Å². The molecule has 2 aliphatic heterocycles. The summed E-state index contributed by atoms with van der Waals surface area (Å²) in [5.41, 5.74) is 2.03. The van der Waals surface area contributed by atoms with Crippen LogP contribution in [0.3, 0.4) is 0 Å². The number of fused-ring (bicyclic) bond motifs is 4. The van der Waals surface area contributed by atoms with E-state index < -0.39 is 11.6 Å². The minimum Gasteiger partial charge on any atom is -0.467 e. The Morgan fingerprint density at radius 3 is 2.56 bits per heavy atom. The van der Waals surface area contributed by atoms with E-state index >= 15 is 0 Å². The monoisotopic (exact) mass is 381 g/mol. The lowest BCUT2D eigenvalue weighted by Crippen LogP contribution is -2.72. The first-order chi connectivity index (χ1) is 12.8. The van der Waals surface area contributed by atoms with Gasteiger partial charge in [-0.25, -0.2) is 0 Å². The van der Waals surface area contributed by atoms with Crippen LogP contribution in [-0.4, -0.2) is 35.7 Å². The van der Waals surface area contributed by atoms with Gasteiger partial charge in [-0.2, -0.15) is 0 Å². The lowest BCUT2D eigenvalue weighted by Gasteiger charge is -2.56. The summed E-state index contributed by atoms with van der Waals surface area (Å²) in [7, 11) is 3.55. The van der Waals surface area contributed by atoms with Gasteiger partial charge in [0.05, 0.1) is 6.04 Å². The number of carbonyl (C=O) groups excluding carboxylic acids is 1. The minimum atomic E-state index is -0.936. The normalized spacial score (nSPS) is 25.9. The van der Waals surface area contributed by atoms with Crippen molar-refractivity contribution in [2.75, 3.05) is 19.0 Å². The lowest BCUT2D eigenvalue weighted by molar-refractivity contribution is -0.144. The van der Waals surface area contributed by atoms with Crippen LogP contribution in [0.25, 0.3) is 0 Å². The molecule has 3 atom stereocenters. The molecule has 0 aliphatic carbocycles. The van der Waals surface area contributed by atoms with Crippen molar-refractivity contribution in [3.05, 3.63) is 59.7 Å². The van der Waals surface area contributed by atoms with Gasteiger partial charge in [-0.15, -0.1) is 0 Å². The molecule has 140 valence electrons. The number of nitrogens with zero attached hydrogens (tertiary/aromatic N) is 2. The van der Waals surface area contributed by atoms with E-state index in [1.165, 1.54) is 0 Å². The second kappa shape index (κ2) is 6.23. The molecular formula is C21H23N3O2S. The number of hydrogen-bond donors (Lipinski definition) is 1. The fourth-order valence-electron chi connectivity index (χ4n) is 4.16. The maximum absolute atomic E-state index is 13.2. The van der Waals surface area contributed by atoms with E-state index in [9.17, 15) is 4.79 Å². The number of anilines is 1. The fraction of sp³-hybridized carbons (Fsp3) is 0.333. The molecule has 1 fully saturated rings. The van der Waals surface area contributed by atoms with Gasteiger partial charge in [0.25, 0.3) is 0 Å². The first-order valence-electron chi connectivity index (χ1n) is 9.00. The molecule has 2 aromatic rings. The molecule has 2 aromatic carbocycles. The lowest BCUT2D eigenvalue weighted by atomic mass is 9.78. The molecule has 2 bridgehead atoms. The van der Waals surface area contributed by atoms with Crippen LogP contribution in [0.4, 0.5) is 5.69 Å². The topological polar surface area (TPSA) is 44.8 Å². The number of carbonyl (C=O) groups is 1. The fourth-order valence-corrected chi connectivity index (χ4v) is 4.57. The Morgan fingerprint density at radius 2 is 1.85 bits per heavy atom. The van der Waals surface area contributed by atoms with E-state index in [1.54, 1.807) is 19.0 Å². The highest BCUT2D eigenvalue weighted by atomic mass is 32.1. The molecule has 4 rings (SSSR count). The number of thiocarbonyl (C=S) groups is 1. The third kappa shape index (κ3) is 2.58. The summed E-state index contributed by atoms with van der Waals surface area (Å²) in [6.45, 7) is 3.99. The molecule has 2 aliphatic rings. The molecule has 1 saturated heterocycles. The van der Waals surface area contributed by atoms with E-state index in [1.807, 2.05) is 67.3 Å². The largest absolute Gasteiger partial charge is 0.467 e. The van der Waals surface area contributed by atoms with Crippen LogP contribution in [0.5, 0.6) is 5.75 Å². The first-order valence-corrected chi connectivity index (χ1v) is 9.41. The van der Waals surface area contributed by atoms with Crippen molar-refractivity contribution in [2.24, 2.45) is 5.92 Å². The zero-order valence-corrected chi connectivity index (χ0v) is 16.7. The molecule has 1 amide bonds. The summed E-state index contributed by atoms with van der Waals surface area (Å²) in [5.74, 6) is 0.334. The summed E-state index contributed by atoms with van der Waals surface area (Å²) < 4.78 is 6.52. The molecule has 5 nitrogen and oxygen atoms in total. The van der Waals surface area contributed by atoms with Crippen LogP contribution in [0.2, 0.25) is 0 Å². The Labute approximate surface area is 164 Å². The molecule has 1 N–H and O–H groups in total. The van der Waals surface area contributed by atoms with Gasteiger partial charge in [-0.1, -0.05) is 36.4 Å². The number of nitrogens with one attached hydrogen (secondary N) is 1. The predicted octanol–water partition coefficient (Wildman–Crippen LogP) is 3.24. The number of aryl methyl sites for hydroxylation is 1. The second-order valence-electron chi connectivity index (χ2n) is 7.45. The Balaban J connectivity index is 1.94. The van der Waals surface area contributed by atoms with Crippen molar-refractivity contribution in [1.82, 2.24) is 10.2 Å². The number of amides is 1. The zero-order chi connectivity index (χ0) is 19.3. The molecule has 0 spiro atoms. The highest BCUT2D eigenvalue weighted by Gasteiger charge is 2.59. The smallest absolute Gasteiger partial charge is 0.233 e. The van der Waals surface area contributed by atoms with Gasteiger partial charge in [0, 0.05) is 25.3 Å². The summed E-state index contributed by atoms with van der Waals surface area (Å²) in [6, 6.07) is 15.6. The molecule has 2 heterocycles. The van der Waals surface area contributed by atoms with E-state index in [2.05, 4.69) is 5.32 Å². The summed E-state index contributed by atoms with van der Waals surface area (Å²) in [4.78, 5) is 16.8. The molecule has 6 heteroatoms. The van der Waals surface area contributed by atoms with Crippen LogP contribution >= 0.6 is 12.2 Å². The maximum Gasteiger partial charge on any atom is 0.233 e. The minimum absolute atomic E-state index is 0.00517. The second-order valence-corrected chi connectivity index (χ2v) is 7.84. The first kappa shape index (κ1) is 17.8. The van der Waals surface area contributed by atoms with Gasteiger partial charge in [-0.3, -0.25) is 9.69 Å². The van der Waals surface area contributed by atoms with Crippen LogP contribution in [0.15, 0.2) is 48.5 Å². The van der Waals surface area contributed by atoms with Crippen molar-refractivity contribution < 1.29 is 9.53 Å². The standard InChI is InChI=1S/C21H23N3O2S/c1-13-9-5-7-11-15(13)24-20(27)22-18-14-10-6-8-12-16(14)26-21(24,2)17(18)19(25)23(3)4/h5-12,17-18H,1-4H3,(H,22,27)/t17-,18+,21+/m1/s1. The third-order valence-corrected chi connectivity index (χ3v) is 5.77. The summed E-state index contributed by atoms with van der Waals surface area (Å²) in [5, 5.41) is 3.98. The average Bonchev–Trinajstić information content (AvgIpc) is 2.62. The Morgan fingerprint density at radius 1 is 1.19 bits per heavy atom. The SMILES string of the molecule is Cc1ccccc1N1C(=S)N[C@H]2c3ccccc3O[C@@]1(C)[C@H]2C(=O)N(C)C. The van der Waals surface area contributed by atoms with Crippen LogP contribution in [-0.2, 0) is 4.79 Å². The van der Waals surface area contributed by atoms with Gasteiger partial charge in [0.1, 0.15) is 11.7 Å². The molecule has 0 unspecified atom stereocenters. The van der Waals surface area contributed by atoms with E-state index in [0.29, 0.717) is 5.11 Å². The summed E-state index contributed by atoms with van der Waals surface area (Å²) in [6.07, 6.45) is 0. The maximum atomic E-state index is 13.2. The summed E-state index contributed by atoms with van der Waals surface area (Å²) >= 11 is 5.74. The van der Waals surface area contributed by atoms with Crippen LogP contribution in [0.1, 0.15) is 24.1 Å². The molecule has 0 aromatic heterocycles. The van der Waals surface area contributed by atoms with Gasteiger partial charge < -0.3 is 15.0 Å².